The zero-order valence-electron chi connectivity index (χ0n) is 12.8. The van der Waals surface area contributed by atoms with Crippen LogP contribution in [0, 0.1) is 6.92 Å². The summed E-state index contributed by atoms with van der Waals surface area (Å²) < 4.78 is 7.94. The van der Waals surface area contributed by atoms with E-state index in [9.17, 15) is 0 Å². The minimum atomic E-state index is -0.186. The molecule has 0 spiro atoms. The summed E-state index contributed by atoms with van der Waals surface area (Å²) in [4.78, 5) is 0. The van der Waals surface area contributed by atoms with Crippen LogP contribution in [0.15, 0.2) is 0 Å². The fourth-order valence-corrected chi connectivity index (χ4v) is 3.59. The first-order chi connectivity index (χ1) is 9.50. The van der Waals surface area contributed by atoms with Gasteiger partial charge in [0.2, 0.25) is 0 Å². The summed E-state index contributed by atoms with van der Waals surface area (Å²) in [5, 5.41) is 5.11. The van der Waals surface area contributed by atoms with Crippen molar-refractivity contribution in [1.29, 1.82) is 0 Å². The van der Waals surface area contributed by atoms with Crippen molar-refractivity contribution in [2.75, 3.05) is 6.61 Å². The van der Waals surface area contributed by atoms with E-state index in [4.69, 9.17) is 22.1 Å². The second-order valence-corrected chi connectivity index (χ2v) is 6.22. The minimum Gasteiger partial charge on any atom is -0.374 e. The molecule has 1 fully saturated rings. The van der Waals surface area contributed by atoms with Crippen molar-refractivity contribution < 1.29 is 4.74 Å². The van der Waals surface area contributed by atoms with E-state index in [1.54, 1.807) is 0 Å². The first-order valence-corrected chi connectivity index (χ1v) is 7.95. The second kappa shape index (κ2) is 6.46. The number of hydrogen-bond donors (Lipinski definition) is 1. The van der Waals surface area contributed by atoms with E-state index < -0.39 is 0 Å². The zero-order valence-corrected chi connectivity index (χ0v) is 13.5. The highest BCUT2D eigenvalue weighted by molar-refractivity contribution is 6.31. The molecule has 1 unspecified atom stereocenters. The van der Waals surface area contributed by atoms with Gasteiger partial charge in [0.1, 0.15) is 0 Å². The number of rotatable bonds is 5. The van der Waals surface area contributed by atoms with Gasteiger partial charge in [-0.2, -0.15) is 5.10 Å². The summed E-state index contributed by atoms with van der Waals surface area (Å²) in [7, 11) is 1.93. The second-order valence-electron chi connectivity index (χ2n) is 5.84. The third-order valence-electron chi connectivity index (χ3n) is 4.48. The molecule has 1 saturated carbocycles. The molecule has 2 N–H and O–H groups in total. The lowest BCUT2D eigenvalue weighted by Crippen LogP contribution is -2.52. The molecule has 4 nitrogen and oxygen atoms in total. The topological polar surface area (TPSA) is 53.1 Å². The van der Waals surface area contributed by atoms with E-state index in [0.29, 0.717) is 6.61 Å². The van der Waals surface area contributed by atoms with Gasteiger partial charge >= 0.3 is 0 Å². The van der Waals surface area contributed by atoms with Gasteiger partial charge in [-0.3, -0.25) is 4.68 Å². The Kier molecular flexibility index (Phi) is 5.10. The molecule has 1 atom stereocenters. The van der Waals surface area contributed by atoms with E-state index in [-0.39, 0.29) is 11.6 Å². The Morgan fingerprint density at radius 1 is 1.40 bits per heavy atom. The van der Waals surface area contributed by atoms with Gasteiger partial charge in [0.05, 0.1) is 22.0 Å². The van der Waals surface area contributed by atoms with E-state index >= 15 is 0 Å². The summed E-state index contributed by atoms with van der Waals surface area (Å²) >= 11 is 6.34. The number of nitrogens with two attached hydrogens (primary N) is 1. The Morgan fingerprint density at radius 2 is 2.05 bits per heavy atom. The fraction of sp³-hybridized carbons (Fsp3) is 0.800. The molecule has 0 saturated heterocycles. The van der Waals surface area contributed by atoms with Crippen molar-refractivity contribution in [3.63, 3.8) is 0 Å². The number of aromatic nitrogens is 2. The average Bonchev–Trinajstić information content (AvgIpc) is 2.67. The molecule has 1 aliphatic carbocycles. The standard InChI is InChI=1S/C15H26ClN3O/c1-4-20-15(8-6-5-7-9-15)13(17)10-12-14(16)11(2)18-19(12)3/h13H,4-10,17H2,1-3H3. The maximum absolute atomic E-state index is 6.52. The van der Waals surface area contributed by atoms with Gasteiger partial charge in [0, 0.05) is 26.1 Å². The van der Waals surface area contributed by atoms with Crippen LogP contribution in [0.25, 0.3) is 0 Å². The van der Waals surface area contributed by atoms with E-state index in [2.05, 4.69) is 5.10 Å². The van der Waals surface area contributed by atoms with Crippen molar-refractivity contribution in [2.45, 2.75) is 64.0 Å². The van der Waals surface area contributed by atoms with Gasteiger partial charge in [-0.05, 0) is 26.7 Å². The molecule has 0 amide bonds. The molecule has 114 valence electrons. The van der Waals surface area contributed by atoms with E-state index in [1.807, 2.05) is 25.6 Å². The highest BCUT2D eigenvalue weighted by atomic mass is 35.5. The molecule has 2 rings (SSSR count). The van der Waals surface area contributed by atoms with Crippen LogP contribution in [-0.2, 0) is 18.2 Å². The number of hydrogen-bond acceptors (Lipinski definition) is 3. The van der Waals surface area contributed by atoms with Crippen LogP contribution in [-0.4, -0.2) is 28.0 Å². The normalized spacial score (nSPS) is 20.1. The average molecular weight is 300 g/mol. The molecule has 20 heavy (non-hydrogen) atoms. The number of nitrogens with zero attached hydrogens (tertiary/aromatic N) is 2. The van der Waals surface area contributed by atoms with Crippen molar-refractivity contribution >= 4 is 11.6 Å². The third-order valence-corrected chi connectivity index (χ3v) is 4.97. The molecule has 0 aromatic carbocycles. The molecular weight excluding hydrogens is 274 g/mol. The van der Waals surface area contributed by atoms with Gasteiger partial charge in [0.25, 0.3) is 0 Å². The first-order valence-electron chi connectivity index (χ1n) is 7.57. The SMILES string of the molecule is CCOC1(C(N)Cc2c(Cl)c(C)nn2C)CCCCC1. The molecule has 1 aliphatic rings. The Hall–Kier alpha value is -0.580. The molecular formula is C15H26ClN3O. The highest BCUT2D eigenvalue weighted by Gasteiger charge is 2.39. The van der Waals surface area contributed by atoms with E-state index in [0.717, 1.165) is 35.7 Å². The van der Waals surface area contributed by atoms with Crippen LogP contribution in [0.5, 0.6) is 0 Å². The fourth-order valence-electron chi connectivity index (χ4n) is 3.36. The molecule has 1 heterocycles. The van der Waals surface area contributed by atoms with Crippen molar-refractivity contribution in [2.24, 2.45) is 12.8 Å². The maximum Gasteiger partial charge on any atom is 0.0847 e. The molecule has 5 heteroatoms. The number of ether oxygens (including phenoxy) is 1. The number of aryl methyl sites for hydroxylation is 2. The lowest BCUT2D eigenvalue weighted by molar-refractivity contribution is -0.0820. The summed E-state index contributed by atoms with van der Waals surface area (Å²) in [5.74, 6) is 0. The van der Waals surface area contributed by atoms with Gasteiger partial charge in [-0.15, -0.1) is 0 Å². The Bertz CT molecular complexity index is 447. The summed E-state index contributed by atoms with van der Waals surface area (Å²) in [6.45, 7) is 4.69. The zero-order chi connectivity index (χ0) is 14.8. The minimum absolute atomic E-state index is 0.0324. The Labute approximate surface area is 126 Å². The lowest BCUT2D eigenvalue weighted by Gasteiger charge is -2.41. The van der Waals surface area contributed by atoms with Crippen LogP contribution in [0.4, 0.5) is 0 Å². The molecule has 0 radical (unpaired) electrons. The van der Waals surface area contributed by atoms with Crippen LogP contribution in [0.2, 0.25) is 5.02 Å². The van der Waals surface area contributed by atoms with Gasteiger partial charge in [0.15, 0.2) is 0 Å². The number of halogens is 1. The highest BCUT2D eigenvalue weighted by Crippen LogP contribution is 2.35. The monoisotopic (exact) mass is 299 g/mol. The van der Waals surface area contributed by atoms with Crippen molar-refractivity contribution in [3.8, 4) is 0 Å². The quantitative estimate of drug-likeness (QED) is 0.909. The van der Waals surface area contributed by atoms with Crippen LogP contribution >= 0.6 is 11.6 Å². The van der Waals surface area contributed by atoms with Crippen molar-refractivity contribution in [3.05, 3.63) is 16.4 Å². The molecule has 0 aliphatic heterocycles. The molecule has 0 bridgehead atoms. The predicted molar refractivity (Wildman–Crippen MR) is 82.1 cm³/mol. The Morgan fingerprint density at radius 3 is 2.55 bits per heavy atom. The lowest BCUT2D eigenvalue weighted by atomic mass is 9.78. The smallest absolute Gasteiger partial charge is 0.0847 e. The van der Waals surface area contributed by atoms with Gasteiger partial charge < -0.3 is 10.5 Å². The van der Waals surface area contributed by atoms with Crippen LogP contribution < -0.4 is 5.73 Å². The van der Waals surface area contributed by atoms with Gasteiger partial charge in [-0.25, -0.2) is 0 Å². The maximum atomic E-state index is 6.52. The van der Waals surface area contributed by atoms with Crippen LogP contribution in [0.3, 0.4) is 0 Å². The molecule has 1 aromatic rings. The predicted octanol–water partition coefficient (Wildman–Crippen LogP) is 2.99. The van der Waals surface area contributed by atoms with Crippen molar-refractivity contribution in [1.82, 2.24) is 9.78 Å². The summed E-state index contributed by atoms with van der Waals surface area (Å²) in [6.07, 6.45) is 6.51. The summed E-state index contributed by atoms with van der Waals surface area (Å²) in [6, 6.07) is -0.0324. The third kappa shape index (κ3) is 3.02. The van der Waals surface area contributed by atoms with Gasteiger partial charge in [-0.1, -0.05) is 30.9 Å². The van der Waals surface area contributed by atoms with Crippen LogP contribution in [0.1, 0.15) is 50.4 Å². The Balaban J connectivity index is 2.17. The summed E-state index contributed by atoms with van der Waals surface area (Å²) in [5.41, 5.74) is 8.22. The molecule has 1 aromatic heterocycles. The first kappa shape index (κ1) is 15.8. The largest absolute Gasteiger partial charge is 0.374 e. The van der Waals surface area contributed by atoms with E-state index in [1.165, 1.54) is 19.3 Å².